The summed E-state index contributed by atoms with van der Waals surface area (Å²) in [7, 11) is 0. The third-order valence-corrected chi connectivity index (χ3v) is 5.95. The molecule has 0 amide bonds. The predicted octanol–water partition coefficient (Wildman–Crippen LogP) is 3.52. The van der Waals surface area contributed by atoms with Gasteiger partial charge in [-0.15, -0.1) is 11.3 Å². The Morgan fingerprint density at radius 2 is 2.14 bits per heavy atom. The Bertz CT molecular complexity index is 934. The molecule has 1 aliphatic heterocycles. The second-order valence-electron chi connectivity index (χ2n) is 7.03. The third-order valence-electron chi connectivity index (χ3n) is 4.92. The lowest BCUT2D eigenvalue weighted by Crippen LogP contribution is -2.42. The number of fused-ring (bicyclic) bond motifs is 1. The van der Waals surface area contributed by atoms with Gasteiger partial charge in [-0.25, -0.2) is 9.98 Å². The van der Waals surface area contributed by atoms with Crippen LogP contribution in [0.25, 0.3) is 11.5 Å². The molecule has 0 saturated carbocycles. The Hall–Kier alpha value is -2.64. The van der Waals surface area contributed by atoms with Crippen LogP contribution in [0.4, 0.5) is 0 Å². The molecule has 29 heavy (non-hydrogen) atoms. The topological polar surface area (TPSA) is 65.7 Å². The van der Waals surface area contributed by atoms with E-state index in [0.29, 0.717) is 12.4 Å². The first-order chi connectivity index (χ1) is 14.3. The highest BCUT2D eigenvalue weighted by Crippen LogP contribution is 2.23. The number of benzene rings is 1. The average molecular weight is 410 g/mol. The normalized spacial score (nSPS) is 14.6. The summed E-state index contributed by atoms with van der Waals surface area (Å²) < 4.78 is 5.60. The van der Waals surface area contributed by atoms with E-state index in [4.69, 9.17) is 4.42 Å². The summed E-state index contributed by atoms with van der Waals surface area (Å²) in [6.07, 6.45) is 2.85. The zero-order chi connectivity index (χ0) is 19.9. The smallest absolute Gasteiger partial charge is 0.226 e. The molecule has 1 aromatic carbocycles. The lowest BCUT2D eigenvalue weighted by molar-refractivity contribution is 0.260. The number of nitrogens with zero attached hydrogens (tertiary/aromatic N) is 3. The van der Waals surface area contributed by atoms with Crippen molar-refractivity contribution in [3.05, 3.63) is 64.2 Å². The Labute approximate surface area is 175 Å². The van der Waals surface area contributed by atoms with Crippen molar-refractivity contribution in [2.75, 3.05) is 26.2 Å². The number of nitrogens with one attached hydrogen (secondary N) is 2. The molecule has 0 unspecified atom stereocenters. The van der Waals surface area contributed by atoms with Crippen molar-refractivity contribution in [1.82, 2.24) is 20.5 Å². The largest absolute Gasteiger partial charge is 0.444 e. The number of oxazole rings is 1. The quantitative estimate of drug-likeness (QED) is 0.462. The average Bonchev–Trinajstić information content (AvgIpc) is 3.42. The standard InChI is InChI=1S/C22H27N5OS/c1-2-23-22(24-10-12-27-11-8-20-18(15-27)9-13-29-20)25-14-19-16-28-21(26-19)17-6-4-3-5-7-17/h3-7,9,13,16H,2,8,10-12,14-15H2,1H3,(H2,23,24,25). The molecule has 4 rings (SSSR count). The van der Waals surface area contributed by atoms with Gasteiger partial charge in [0.2, 0.25) is 5.89 Å². The highest BCUT2D eigenvalue weighted by atomic mass is 32.1. The van der Waals surface area contributed by atoms with Gasteiger partial charge < -0.3 is 15.1 Å². The van der Waals surface area contributed by atoms with Crippen molar-refractivity contribution in [3.8, 4) is 11.5 Å². The van der Waals surface area contributed by atoms with Crippen LogP contribution in [0.1, 0.15) is 23.1 Å². The number of guanidine groups is 1. The van der Waals surface area contributed by atoms with Crippen LogP contribution in [0, 0.1) is 0 Å². The van der Waals surface area contributed by atoms with E-state index in [1.165, 1.54) is 5.56 Å². The van der Waals surface area contributed by atoms with Crippen LogP contribution in [0.5, 0.6) is 0 Å². The zero-order valence-corrected chi connectivity index (χ0v) is 17.5. The van der Waals surface area contributed by atoms with Crippen LogP contribution in [-0.2, 0) is 19.5 Å². The molecule has 152 valence electrons. The monoisotopic (exact) mass is 409 g/mol. The van der Waals surface area contributed by atoms with Gasteiger partial charge in [-0.3, -0.25) is 4.90 Å². The van der Waals surface area contributed by atoms with Crippen LogP contribution in [-0.4, -0.2) is 42.0 Å². The Balaban J connectivity index is 1.28. The van der Waals surface area contributed by atoms with Gasteiger partial charge in [0.25, 0.3) is 0 Å². The number of hydrogen-bond acceptors (Lipinski definition) is 5. The van der Waals surface area contributed by atoms with Crippen molar-refractivity contribution in [2.24, 2.45) is 4.99 Å². The summed E-state index contributed by atoms with van der Waals surface area (Å²) in [6.45, 7) is 7.42. The van der Waals surface area contributed by atoms with Gasteiger partial charge in [0.1, 0.15) is 12.0 Å². The lowest BCUT2D eigenvalue weighted by Gasteiger charge is -2.27. The first kappa shape index (κ1) is 19.7. The molecule has 7 heteroatoms. The fourth-order valence-corrected chi connectivity index (χ4v) is 4.31. The van der Waals surface area contributed by atoms with Gasteiger partial charge >= 0.3 is 0 Å². The highest BCUT2D eigenvalue weighted by molar-refractivity contribution is 7.10. The summed E-state index contributed by atoms with van der Waals surface area (Å²) >= 11 is 1.88. The van der Waals surface area contributed by atoms with Crippen LogP contribution < -0.4 is 10.6 Å². The van der Waals surface area contributed by atoms with Crippen LogP contribution in [0.3, 0.4) is 0 Å². The fraction of sp³-hybridized carbons (Fsp3) is 0.364. The minimum atomic E-state index is 0.480. The van der Waals surface area contributed by atoms with Gasteiger partial charge in [-0.1, -0.05) is 18.2 Å². The Kier molecular flexibility index (Phi) is 6.59. The minimum Gasteiger partial charge on any atom is -0.444 e. The molecular weight excluding hydrogens is 382 g/mol. The molecule has 0 aliphatic carbocycles. The SMILES string of the molecule is CCNC(=NCc1coc(-c2ccccc2)n1)NCCN1CCc2sccc2C1. The summed E-state index contributed by atoms with van der Waals surface area (Å²) in [5, 5.41) is 8.94. The summed E-state index contributed by atoms with van der Waals surface area (Å²) in [5.41, 5.74) is 3.28. The molecule has 3 heterocycles. The van der Waals surface area contributed by atoms with Gasteiger partial charge in [0, 0.05) is 43.2 Å². The molecule has 6 nitrogen and oxygen atoms in total. The van der Waals surface area contributed by atoms with E-state index in [9.17, 15) is 0 Å². The molecular formula is C22H27N5OS. The van der Waals surface area contributed by atoms with E-state index in [2.05, 4.69) is 43.9 Å². The molecule has 0 radical (unpaired) electrons. The number of hydrogen-bond donors (Lipinski definition) is 2. The summed E-state index contributed by atoms with van der Waals surface area (Å²) in [6, 6.07) is 12.2. The summed E-state index contributed by atoms with van der Waals surface area (Å²) in [5.74, 6) is 1.44. The zero-order valence-electron chi connectivity index (χ0n) is 16.7. The minimum absolute atomic E-state index is 0.480. The van der Waals surface area contributed by atoms with E-state index in [1.54, 1.807) is 11.1 Å². The number of aromatic nitrogens is 1. The van der Waals surface area contributed by atoms with Gasteiger partial charge in [-0.2, -0.15) is 0 Å². The van der Waals surface area contributed by atoms with E-state index in [-0.39, 0.29) is 0 Å². The molecule has 0 atom stereocenters. The van der Waals surface area contributed by atoms with Crippen molar-refractivity contribution < 1.29 is 4.42 Å². The number of thiophene rings is 1. The van der Waals surface area contributed by atoms with Crippen molar-refractivity contribution >= 4 is 17.3 Å². The Morgan fingerprint density at radius 1 is 1.24 bits per heavy atom. The maximum Gasteiger partial charge on any atom is 0.226 e. The van der Waals surface area contributed by atoms with Crippen molar-refractivity contribution in [1.29, 1.82) is 0 Å². The molecule has 0 saturated heterocycles. The lowest BCUT2D eigenvalue weighted by atomic mass is 10.1. The Morgan fingerprint density at radius 3 is 3.00 bits per heavy atom. The summed E-state index contributed by atoms with van der Waals surface area (Å²) in [4.78, 5) is 13.2. The highest BCUT2D eigenvalue weighted by Gasteiger charge is 2.16. The molecule has 3 aromatic rings. The van der Waals surface area contributed by atoms with Crippen molar-refractivity contribution in [2.45, 2.75) is 26.4 Å². The van der Waals surface area contributed by atoms with E-state index >= 15 is 0 Å². The first-order valence-corrected chi connectivity index (χ1v) is 11.0. The van der Waals surface area contributed by atoms with Crippen LogP contribution >= 0.6 is 11.3 Å². The van der Waals surface area contributed by atoms with E-state index < -0.39 is 0 Å². The number of rotatable bonds is 7. The fourth-order valence-electron chi connectivity index (χ4n) is 3.42. The predicted molar refractivity (Wildman–Crippen MR) is 118 cm³/mol. The molecule has 0 fully saturated rings. The second-order valence-corrected chi connectivity index (χ2v) is 8.03. The van der Waals surface area contributed by atoms with Gasteiger partial charge in [0.05, 0.1) is 6.54 Å². The van der Waals surface area contributed by atoms with Gasteiger partial charge in [-0.05, 0) is 42.5 Å². The van der Waals surface area contributed by atoms with Gasteiger partial charge in [0.15, 0.2) is 5.96 Å². The third kappa shape index (κ3) is 5.25. The molecule has 2 N–H and O–H groups in total. The molecule has 0 bridgehead atoms. The molecule has 0 spiro atoms. The molecule has 1 aliphatic rings. The van der Waals surface area contributed by atoms with Crippen LogP contribution in [0.15, 0.2) is 57.5 Å². The maximum absolute atomic E-state index is 5.60. The molecule has 2 aromatic heterocycles. The maximum atomic E-state index is 5.60. The van der Waals surface area contributed by atoms with Crippen LogP contribution in [0.2, 0.25) is 0 Å². The van der Waals surface area contributed by atoms with E-state index in [1.807, 2.05) is 41.7 Å². The second kappa shape index (κ2) is 9.71. The van der Waals surface area contributed by atoms with Crippen molar-refractivity contribution in [3.63, 3.8) is 0 Å². The number of aliphatic imine (C=N–C) groups is 1. The first-order valence-electron chi connectivity index (χ1n) is 10.1. The van der Waals surface area contributed by atoms with E-state index in [0.717, 1.165) is 56.4 Å².